The van der Waals surface area contributed by atoms with Crippen molar-refractivity contribution >= 4 is 0 Å². The maximum Gasteiger partial charge on any atom is 0.221 e. The van der Waals surface area contributed by atoms with Crippen LogP contribution >= 0.6 is 0 Å². The minimum Gasteiger partial charge on any atom is -0.463 e. The summed E-state index contributed by atoms with van der Waals surface area (Å²) >= 11 is 0. The second kappa shape index (κ2) is 20.7. The first-order chi connectivity index (χ1) is 15.3. The molecule has 0 saturated carbocycles. The smallest absolute Gasteiger partial charge is 0.221 e. The molecule has 0 amide bonds. The molecule has 0 bridgehead atoms. The number of benzene rings is 1. The normalized spacial score (nSPS) is 12.2. The van der Waals surface area contributed by atoms with Crippen molar-refractivity contribution in [3.63, 3.8) is 0 Å². The second-order valence-electron chi connectivity index (χ2n) is 7.37. The Morgan fingerprint density at radius 1 is 0.710 bits per heavy atom. The van der Waals surface area contributed by atoms with Crippen LogP contribution in [0.3, 0.4) is 0 Å². The lowest BCUT2D eigenvalue weighted by atomic mass is 10.0. The van der Waals surface area contributed by atoms with Gasteiger partial charge in [0.2, 0.25) is 6.29 Å². The molecule has 0 heterocycles. The summed E-state index contributed by atoms with van der Waals surface area (Å²) in [4.78, 5) is 0. The predicted octanol–water partition coefficient (Wildman–Crippen LogP) is 3.35. The zero-order valence-corrected chi connectivity index (χ0v) is 19.1. The average Bonchev–Trinajstić information content (AvgIpc) is 2.78. The third-order valence-electron chi connectivity index (χ3n) is 4.63. The lowest BCUT2D eigenvalue weighted by molar-refractivity contribution is -0.0859. The van der Waals surface area contributed by atoms with E-state index in [-0.39, 0.29) is 13.2 Å². The molecule has 1 atom stereocenters. The van der Waals surface area contributed by atoms with Gasteiger partial charge in [-0.05, 0) is 30.5 Å². The highest BCUT2D eigenvalue weighted by Crippen LogP contribution is 2.16. The summed E-state index contributed by atoms with van der Waals surface area (Å²) < 4.78 is 26.6. The van der Waals surface area contributed by atoms with E-state index in [1.54, 1.807) is 0 Å². The van der Waals surface area contributed by atoms with Crippen LogP contribution in [0.4, 0.5) is 0 Å². The van der Waals surface area contributed by atoms with E-state index >= 15 is 0 Å². The van der Waals surface area contributed by atoms with Gasteiger partial charge >= 0.3 is 0 Å². The monoisotopic (exact) mass is 442 g/mol. The number of hydrogen-bond donors (Lipinski definition) is 2. The summed E-state index contributed by atoms with van der Waals surface area (Å²) in [5, 5.41) is 18.5. The zero-order valence-electron chi connectivity index (χ0n) is 19.1. The number of ether oxygens (including phenoxy) is 5. The number of aryl methyl sites for hydroxylation is 1. The molecule has 31 heavy (non-hydrogen) atoms. The summed E-state index contributed by atoms with van der Waals surface area (Å²) in [5.41, 5.74) is 1.30. The van der Waals surface area contributed by atoms with Gasteiger partial charge in [0, 0.05) is 0 Å². The molecule has 1 rings (SSSR count). The van der Waals surface area contributed by atoms with E-state index in [9.17, 15) is 5.11 Å². The molecule has 0 aliphatic carbocycles. The SMILES string of the molecule is CCCCCCCCc1ccc(OC(O)COCCOCCOCCOCCO)cc1. The fraction of sp³-hybridized carbons (Fsp3) is 0.750. The largest absolute Gasteiger partial charge is 0.463 e. The van der Waals surface area contributed by atoms with Crippen molar-refractivity contribution < 1.29 is 33.9 Å². The highest BCUT2D eigenvalue weighted by molar-refractivity contribution is 5.27. The Balaban J connectivity index is 1.96. The quantitative estimate of drug-likeness (QED) is 0.210. The van der Waals surface area contributed by atoms with Crippen LogP contribution in [0, 0.1) is 0 Å². The van der Waals surface area contributed by atoms with E-state index < -0.39 is 6.29 Å². The number of aliphatic hydroxyl groups is 2. The number of hydrogen-bond acceptors (Lipinski definition) is 7. The maximum absolute atomic E-state index is 9.94. The molecule has 0 aliphatic rings. The van der Waals surface area contributed by atoms with Gasteiger partial charge in [-0.2, -0.15) is 0 Å². The van der Waals surface area contributed by atoms with E-state index in [4.69, 9.17) is 28.8 Å². The molecule has 0 spiro atoms. The molecule has 0 radical (unpaired) electrons. The van der Waals surface area contributed by atoms with Crippen LogP contribution in [0.1, 0.15) is 51.0 Å². The van der Waals surface area contributed by atoms with Gasteiger partial charge in [0.1, 0.15) is 12.4 Å². The zero-order chi connectivity index (χ0) is 22.4. The van der Waals surface area contributed by atoms with Crippen molar-refractivity contribution in [1.29, 1.82) is 0 Å². The lowest BCUT2D eigenvalue weighted by Crippen LogP contribution is -2.23. The molecule has 7 heteroatoms. The van der Waals surface area contributed by atoms with Crippen LogP contribution in [-0.4, -0.2) is 76.0 Å². The molecule has 0 saturated heterocycles. The third-order valence-corrected chi connectivity index (χ3v) is 4.63. The average molecular weight is 443 g/mol. The number of rotatable bonds is 22. The number of aliphatic hydroxyl groups excluding tert-OH is 2. The first kappa shape index (κ1) is 27.8. The van der Waals surface area contributed by atoms with Crippen LogP contribution in [0.15, 0.2) is 24.3 Å². The molecule has 7 nitrogen and oxygen atoms in total. The molecule has 180 valence electrons. The summed E-state index contributed by atoms with van der Waals surface area (Å²) in [5.74, 6) is 0.638. The molecule has 0 aromatic heterocycles. The Kier molecular flexibility index (Phi) is 18.5. The van der Waals surface area contributed by atoms with Gasteiger partial charge in [-0.3, -0.25) is 0 Å². The molecule has 1 aromatic carbocycles. The summed E-state index contributed by atoms with van der Waals surface area (Å²) in [7, 11) is 0. The van der Waals surface area contributed by atoms with Crippen LogP contribution < -0.4 is 4.74 Å². The van der Waals surface area contributed by atoms with E-state index in [1.807, 2.05) is 12.1 Å². The molecule has 2 N–H and O–H groups in total. The van der Waals surface area contributed by atoms with Crippen molar-refractivity contribution in [3.05, 3.63) is 29.8 Å². The topological polar surface area (TPSA) is 86.6 Å². The van der Waals surface area contributed by atoms with Crippen molar-refractivity contribution in [2.24, 2.45) is 0 Å². The summed E-state index contributed by atoms with van der Waals surface area (Å²) in [6.45, 7) is 5.35. The van der Waals surface area contributed by atoms with Gasteiger partial charge in [-0.1, -0.05) is 51.2 Å². The Morgan fingerprint density at radius 2 is 1.26 bits per heavy atom. The highest BCUT2D eigenvalue weighted by Gasteiger charge is 2.06. The van der Waals surface area contributed by atoms with Crippen LogP contribution in [0.5, 0.6) is 5.75 Å². The van der Waals surface area contributed by atoms with E-state index in [2.05, 4.69) is 19.1 Å². The molecular formula is C24H42O7. The van der Waals surface area contributed by atoms with Crippen LogP contribution in [0.25, 0.3) is 0 Å². The second-order valence-corrected chi connectivity index (χ2v) is 7.37. The summed E-state index contributed by atoms with van der Waals surface area (Å²) in [6.07, 6.45) is 7.86. The summed E-state index contributed by atoms with van der Waals surface area (Å²) in [6, 6.07) is 7.91. The fourth-order valence-corrected chi connectivity index (χ4v) is 2.94. The molecular weight excluding hydrogens is 400 g/mol. The molecule has 1 aromatic rings. The van der Waals surface area contributed by atoms with Gasteiger partial charge in [0.05, 0.1) is 52.9 Å². The first-order valence-corrected chi connectivity index (χ1v) is 11.6. The Hall–Kier alpha value is -1.22. The number of unbranched alkanes of at least 4 members (excludes halogenated alkanes) is 5. The van der Waals surface area contributed by atoms with Gasteiger partial charge in [-0.15, -0.1) is 0 Å². The Morgan fingerprint density at radius 3 is 1.87 bits per heavy atom. The predicted molar refractivity (Wildman–Crippen MR) is 121 cm³/mol. The van der Waals surface area contributed by atoms with Crippen LogP contribution in [-0.2, 0) is 25.4 Å². The first-order valence-electron chi connectivity index (χ1n) is 11.6. The minimum atomic E-state index is -1.01. The van der Waals surface area contributed by atoms with Gasteiger partial charge < -0.3 is 33.9 Å². The molecule has 0 aliphatic heterocycles. The third kappa shape index (κ3) is 17.1. The molecule has 0 fully saturated rings. The maximum atomic E-state index is 9.94. The van der Waals surface area contributed by atoms with Gasteiger partial charge in [0.25, 0.3) is 0 Å². The minimum absolute atomic E-state index is 0.0223. The van der Waals surface area contributed by atoms with E-state index in [1.165, 1.54) is 44.1 Å². The van der Waals surface area contributed by atoms with Gasteiger partial charge in [-0.25, -0.2) is 0 Å². The lowest BCUT2D eigenvalue weighted by Gasteiger charge is -2.14. The standard InChI is InChI=1S/C24H42O7/c1-2-3-4-5-6-7-8-22-9-11-23(12-10-22)31-24(26)21-30-20-19-29-18-17-28-16-15-27-14-13-25/h9-12,24-26H,2-8,13-21H2,1H3. The Bertz CT molecular complexity index is 495. The van der Waals surface area contributed by atoms with Crippen molar-refractivity contribution in [3.8, 4) is 5.75 Å². The molecule has 1 unspecified atom stereocenters. The van der Waals surface area contributed by atoms with Gasteiger partial charge in [0.15, 0.2) is 0 Å². The Labute approximate surface area is 187 Å². The highest BCUT2D eigenvalue weighted by atomic mass is 16.6. The fourth-order valence-electron chi connectivity index (χ4n) is 2.94. The van der Waals surface area contributed by atoms with Crippen molar-refractivity contribution in [2.75, 3.05) is 59.5 Å². The van der Waals surface area contributed by atoms with Crippen molar-refractivity contribution in [1.82, 2.24) is 0 Å². The van der Waals surface area contributed by atoms with E-state index in [0.717, 1.165) is 6.42 Å². The van der Waals surface area contributed by atoms with E-state index in [0.29, 0.717) is 52.0 Å². The van der Waals surface area contributed by atoms with Crippen molar-refractivity contribution in [2.45, 2.75) is 58.2 Å². The van der Waals surface area contributed by atoms with Crippen LogP contribution in [0.2, 0.25) is 0 Å².